The first-order valence-electron chi connectivity index (χ1n) is 9.19. The van der Waals surface area contributed by atoms with Crippen molar-refractivity contribution in [2.24, 2.45) is 5.92 Å². The van der Waals surface area contributed by atoms with Crippen LogP contribution in [0, 0.1) is 5.92 Å². The highest BCUT2D eigenvalue weighted by molar-refractivity contribution is 5.91. The van der Waals surface area contributed by atoms with Crippen LogP contribution in [0.15, 0.2) is 40.8 Å². The van der Waals surface area contributed by atoms with Gasteiger partial charge in [-0.2, -0.15) is 0 Å². The molecular weight excluding hydrogens is 330 g/mol. The van der Waals surface area contributed by atoms with Gasteiger partial charge in [0.05, 0.1) is 7.11 Å². The van der Waals surface area contributed by atoms with Crippen LogP contribution in [0.2, 0.25) is 0 Å². The minimum atomic E-state index is -0.0130. The van der Waals surface area contributed by atoms with Gasteiger partial charge >= 0.3 is 0 Å². The minimum absolute atomic E-state index is 0.0130. The van der Waals surface area contributed by atoms with Crippen LogP contribution in [-0.4, -0.2) is 38.1 Å². The van der Waals surface area contributed by atoms with E-state index in [0.29, 0.717) is 24.0 Å². The molecule has 5 nitrogen and oxygen atoms in total. The number of rotatable bonds is 7. The molecule has 0 saturated carbocycles. The largest absolute Gasteiger partial charge is 0.497 e. The third kappa shape index (κ3) is 4.67. The van der Waals surface area contributed by atoms with Crippen molar-refractivity contribution in [1.29, 1.82) is 0 Å². The lowest BCUT2D eigenvalue weighted by Gasteiger charge is -2.31. The third-order valence-electron chi connectivity index (χ3n) is 5.06. The van der Waals surface area contributed by atoms with Crippen LogP contribution in [0.1, 0.15) is 41.1 Å². The molecule has 1 amide bonds. The van der Waals surface area contributed by atoms with Crippen molar-refractivity contribution in [3.05, 3.63) is 53.5 Å². The van der Waals surface area contributed by atoms with E-state index in [1.807, 2.05) is 17.0 Å². The Hall–Kier alpha value is -2.27. The zero-order chi connectivity index (χ0) is 18.4. The Kier molecular flexibility index (Phi) is 6.34. The summed E-state index contributed by atoms with van der Waals surface area (Å²) >= 11 is 0. The van der Waals surface area contributed by atoms with Crippen LogP contribution in [0.25, 0.3) is 0 Å². The lowest BCUT2D eigenvalue weighted by atomic mass is 9.90. The van der Waals surface area contributed by atoms with E-state index in [1.54, 1.807) is 26.4 Å². The molecule has 0 radical (unpaired) electrons. The maximum Gasteiger partial charge on any atom is 0.289 e. The van der Waals surface area contributed by atoms with Crippen LogP contribution >= 0.6 is 0 Å². The fraction of sp³-hybridized carbons (Fsp3) is 0.476. The van der Waals surface area contributed by atoms with Gasteiger partial charge in [-0.05, 0) is 61.4 Å². The molecule has 2 aromatic rings. The highest BCUT2D eigenvalue weighted by Gasteiger charge is 2.25. The quantitative estimate of drug-likeness (QED) is 0.754. The Bertz CT molecular complexity index is 699. The lowest BCUT2D eigenvalue weighted by Crippen LogP contribution is -2.38. The molecule has 1 saturated heterocycles. The standard InChI is InChI=1S/C21H27NO4/c1-24-15-19-9-10-20(26-19)21(23)22-13-11-17(12-14-22)4-3-16-5-7-18(25-2)8-6-16/h5-10,17H,3-4,11-15H2,1-2H3. The number of nitrogens with zero attached hydrogens (tertiary/aromatic N) is 1. The molecule has 26 heavy (non-hydrogen) atoms. The summed E-state index contributed by atoms with van der Waals surface area (Å²) in [6, 6.07) is 11.8. The predicted molar refractivity (Wildman–Crippen MR) is 99.4 cm³/mol. The number of carbonyl (C=O) groups is 1. The summed E-state index contributed by atoms with van der Waals surface area (Å²) < 4.78 is 15.8. The van der Waals surface area contributed by atoms with E-state index in [9.17, 15) is 4.79 Å². The van der Waals surface area contributed by atoms with E-state index < -0.39 is 0 Å². The molecule has 5 heteroatoms. The summed E-state index contributed by atoms with van der Waals surface area (Å²) in [5.41, 5.74) is 1.34. The first kappa shape index (κ1) is 18.5. The topological polar surface area (TPSA) is 51.9 Å². The van der Waals surface area contributed by atoms with Crippen LogP contribution in [0.3, 0.4) is 0 Å². The summed E-state index contributed by atoms with van der Waals surface area (Å²) in [6.07, 6.45) is 4.33. The number of carbonyl (C=O) groups excluding carboxylic acids is 1. The summed E-state index contributed by atoms with van der Waals surface area (Å²) in [4.78, 5) is 14.4. The molecule has 0 N–H and O–H groups in total. The maximum absolute atomic E-state index is 12.5. The van der Waals surface area contributed by atoms with Gasteiger partial charge in [-0.25, -0.2) is 0 Å². The van der Waals surface area contributed by atoms with Gasteiger partial charge in [-0.15, -0.1) is 0 Å². The molecule has 0 aliphatic carbocycles. The van der Waals surface area contributed by atoms with E-state index in [1.165, 1.54) is 5.56 Å². The number of benzene rings is 1. The second kappa shape index (κ2) is 8.90. The second-order valence-corrected chi connectivity index (χ2v) is 6.82. The monoisotopic (exact) mass is 357 g/mol. The summed E-state index contributed by atoms with van der Waals surface area (Å²) in [5.74, 6) is 2.65. The average Bonchev–Trinajstić information content (AvgIpc) is 3.15. The smallest absolute Gasteiger partial charge is 0.289 e. The molecule has 0 atom stereocenters. The number of amides is 1. The van der Waals surface area contributed by atoms with Crippen molar-refractivity contribution in [2.45, 2.75) is 32.3 Å². The van der Waals surface area contributed by atoms with E-state index in [4.69, 9.17) is 13.9 Å². The van der Waals surface area contributed by atoms with Crippen LogP contribution < -0.4 is 4.74 Å². The Morgan fingerprint density at radius 2 is 1.85 bits per heavy atom. The van der Waals surface area contributed by atoms with E-state index in [0.717, 1.165) is 44.5 Å². The highest BCUT2D eigenvalue weighted by Crippen LogP contribution is 2.24. The van der Waals surface area contributed by atoms with Gasteiger partial charge in [-0.1, -0.05) is 12.1 Å². The number of furan rings is 1. The average molecular weight is 357 g/mol. The van der Waals surface area contributed by atoms with Crippen molar-refractivity contribution < 1.29 is 18.7 Å². The summed E-state index contributed by atoms with van der Waals surface area (Å²) in [7, 11) is 3.30. The number of hydrogen-bond donors (Lipinski definition) is 0. The summed E-state index contributed by atoms with van der Waals surface area (Å²) in [6.45, 7) is 1.99. The molecule has 1 fully saturated rings. The fourth-order valence-corrected chi connectivity index (χ4v) is 3.46. The number of likely N-dealkylation sites (tertiary alicyclic amines) is 1. The van der Waals surface area contributed by atoms with Gasteiger partial charge in [0.1, 0.15) is 18.1 Å². The van der Waals surface area contributed by atoms with Crippen molar-refractivity contribution in [1.82, 2.24) is 4.90 Å². The van der Waals surface area contributed by atoms with Gasteiger partial charge in [0.25, 0.3) is 5.91 Å². The number of methoxy groups -OCH3 is 2. The first-order valence-corrected chi connectivity index (χ1v) is 9.19. The van der Waals surface area contributed by atoms with E-state index in [2.05, 4.69) is 12.1 Å². The van der Waals surface area contributed by atoms with Gasteiger partial charge < -0.3 is 18.8 Å². The number of hydrogen-bond acceptors (Lipinski definition) is 4. The Morgan fingerprint density at radius 3 is 2.50 bits per heavy atom. The Labute approximate surface area is 154 Å². The molecule has 3 rings (SSSR count). The van der Waals surface area contributed by atoms with E-state index in [-0.39, 0.29) is 5.91 Å². The molecular formula is C21H27NO4. The lowest BCUT2D eigenvalue weighted by molar-refractivity contribution is 0.0648. The molecule has 2 heterocycles. The van der Waals surface area contributed by atoms with E-state index >= 15 is 0 Å². The minimum Gasteiger partial charge on any atom is -0.497 e. The molecule has 1 aliphatic rings. The first-order chi connectivity index (χ1) is 12.7. The third-order valence-corrected chi connectivity index (χ3v) is 5.06. The number of aryl methyl sites for hydroxylation is 1. The SMILES string of the molecule is COCc1ccc(C(=O)N2CCC(CCc3ccc(OC)cc3)CC2)o1. The highest BCUT2D eigenvalue weighted by atomic mass is 16.5. The zero-order valence-electron chi connectivity index (χ0n) is 15.6. The maximum atomic E-state index is 12.5. The molecule has 0 unspecified atom stereocenters. The predicted octanol–water partition coefficient (Wildman–Crippen LogP) is 3.92. The molecule has 1 aromatic heterocycles. The summed E-state index contributed by atoms with van der Waals surface area (Å²) in [5, 5.41) is 0. The van der Waals surface area contributed by atoms with Crippen LogP contribution in [-0.2, 0) is 17.8 Å². The Balaban J connectivity index is 1.45. The van der Waals surface area contributed by atoms with Crippen molar-refractivity contribution in [2.75, 3.05) is 27.3 Å². The second-order valence-electron chi connectivity index (χ2n) is 6.82. The van der Waals surface area contributed by atoms with Gasteiger partial charge in [0.15, 0.2) is 5.76 Å². The molecule has 140 valence electrons. The molecule has 1 aromatic carbocycles. The zero-order valence-corrected chi connectivity index (χ0v) is 15.6. The van der Waals surface area contributed by atoms with Crippen LogP contribution in [0.4, 0.5) is 0 Å². The van der Waals surface area contributed by atoms with Gasteiger partial charge in [-0.3, -0.25) is 4.79 Å². The molecule has 0 spiro atoms. The molecule has 0 bridgehead atoms. The molecule has 1 aliphatic heterocycles. The van der Waals surface area contributed by atoms with Crippen molar-refractivity contribution in [3.63, 3.8) is 0 Å². The van der Waals surface area contributed by atoms with Crippen LogP contribution in [0.5, 0.6) is 5.75 Å². The van der Waals surface area contributed by atoms with Crippen molar-refractivity contribution >= 4 is 5.91 Å². The van der Waals surface area contributed by atoms with Crippen molar-refractivity contribution in [3.8, 4) is 5.75 Å². The van der Waals surface area contributed by atoms with Gasteiger partial charge in [0, 0.05) is 20.2 Å². The number of ether oxygens (including phenoxy) is 2. The Morgan fingerprint density at radius 1 is 1.12 bits per heavy atom. The van der Waals surface area contributed by atoms with Gasteiger partial charge in [0.2, 0.25) is 0 Å². The number of piperidine rings is 1. The normalized spacial score (nSPS) is 15.2. The fourth-order valence-electron chi connectivity index (χ4n) is 3.46.